The van der Waals surface area contributed by atoms with Crippen LogP contribution in [0.3, 0.4) is 0 Å². The minimum Gasteiger partial charge on any atom is -0.360 e. The summed E-state index contributed by atoms with van der Waals surface area (Å²) in [5, 5.41) is 7.56. The predicted octanol–water partition coefficient (Wildman–Crippen LogP) is 3.17. The Labute approximate surface area is 115 Å². The zero-order valence-corrected chi connectivity index (χ0v) is 12.0. The summed E-state index contributed by atoms with van der Waals surface area (Å²) < 4.78 is 5.84. The van der Waals surface area contributed by atoms with E-state index in [9.17, 15) is 0 Å². The molecule has 19 heavy (non-hydrogen) atoms. The third-order valence-corrected chi connectivity index (χ3v) is 5.86. The number of hydrogen-bond donors (Lipinski definition) is 1. The summed E-state index contributed by atoms with van der Waals surface area (Å²) in [5.74, 6) is 4.11. The van der Waals surface area contributed by atoms with E-state index in [2.05, 4.69) is 17.4 Å². The first-order valence-electron chi connectivity index (χ1n) is 7.80. The lowest BCUT2D eigenvalue weighted by Gasteiger charge is -2.55. The minimum atomic E-state index is 0.336. The lowest BCUT2D eigenvalue weighted by molar-refractivity contribution is -0.0180. The number of aryl methyl sites for hydroxylation is 1. The summed E-state index contributed by atoms with van der Waals surface area (Å²) in [6.45, 7) is 2.98. The molecule has 0 atom stereocenters. The minimum absolute atomic E-state index is 0.336. The smallest absolute Gasteiger partial charge is 0.147 e. The van der Waals surface area contributed by atoms with E-state index in [1.54, 1.807) is 0 Å². The fourth-order valence-corrected chi connectivity index (χ4v) is 5.58. The third kappa shape index (κ3) is 1.70. The first kappa shape index (κ1) is 12.0. The molecule has 4 aliphatic carbocycles. The van der Waals surface area contributed by atoms with Crippen LogP contribution in [0.1, 0.15) is 55.5 Å². The van der Waals surface area contributed by atoms with E-state index < -0.39 is 0 Å². The molecule has 4 saturated carbocycles. The van der Waals surface area contributed by atoms with Crippen LogP contribution in [-0.4, -0.2) is 12.2 Å². The van der Waals surface area contributed by atoms with Gasteiger partial charge < -0.3 is 9.84 Å². The second kappa shape index (κ2) is 4.08. The number of nitrogens with one attached hydrogen (secondary N) is 1. The van der Waals surface area contributed by atoms with Crippen molar-refractivity contribution in [2.24, 2.45) is 17.8 Å². The first-order chi connectivity index (χ1) is 9.20. The lowest BCUT2D eigenvalue weighted by Crippen LogP contribution is -2.48. The van der Waals surface area contributed by atoms with E-state index in [4.69, 9.17) is 4.52 Å². The van der Waals surface area contributed by atoms with E-state index in [-0.39, 0.29) is 0 Å². The highest BCUT2D eigenvalue weighted by molar-refractivity contribution is 5.31. The molecule has 0 radical (unpaired) electrons. The van der Waals surface area contributed by atoms with E-state index in [1.165, 1.54) is 49.8 Å². The molecule has 0 saturated heterocycles. The Morgan fingerprint density at radius 1 is 1.16 bits per heavy atom. The quantitative estimate of drug-likeness (QED) is 0.907. The van der Waals surface area contributed by atoms with E-state index >= 15 is 0 Å². The summed E-state index contributed by atoms with van der Waals surface area (Å²) in [5.41, 5.74) is 2.76. The van der Waals surface area contributed by atoms with Crippen LogP contribution in [0.15, 0.2) is 4.52 Å². The Bertz CT molecular complexity index is 456. The molecule has 1 N–H and O–H groups in total. The highest BCUT2D eigenvalue weighted by Gasteiger charge is 2.54. The van der Waals surface area contributed by atoms with Gasteiger partial charge in [0, 0.05) is 17.5 Å². The average molecular weight is 260 g/mol. The van der Waals surface area contributed by atoms with Crippen LogP contribution < -0.4 is 5.32 Å². The van der Waals surface area contributed by atoms with Crippen LogP contribution in [0.2, 0.25) is 0 Å². The zero-order chi connectivity index (χ0) is 13.0. The molecule has 104 valence electrons. The second-order valence-electron chi connectivity index (χ2n) is 7.30. The molecule has 0 aromatic carbocycles. The molecule has 3 heteroatoms. The van der Waals surface area contributed by atoms with Crippen LogP contribution in [0.5, 0.6) is 0 Å². The molecular weight excluding hydrogens is 236 g/mol. The van der Waals surface area contributed by atoms with E-state index in [0.717, 1.165) is 30.0 Å². The van der Waals surface area contributed by atoms with Crippen molar-refractivity contribution >= 4 is 0 Å². The van der Waals surface area contributed by atoms with Gasteiger partial charge >= 0.3 is 0 Å². The lowest BCUT2D eigenvalue weighted by atomic mass is 9.48. The molecule has 0 amide bonds. The molecule has 0 aliphatic heterocycles. The van der Waals surface area contributed by atoms with Gasteiger partial charge in [0.1, 0.15) is 5.76 Å². The summed E-state index contributed by atoms with van der Waals surface area (Å²) in [4.78, 5) is 0. The molecule has 4 aliphatic rings. The van der Waals surface area contributed by atoms with Crippen molar-refractivity contribution in [1.29, 1.82) is 0 Å². The van der Waals surface area contributed by atoms with Crippen molar-refractivity contribution in [3.05, 3.63) is 17.0 Å². The molecule has 1 aromatic heterocycles. The first-order valence-corrected chi connectivity index (χ1v) is 7.80. The van der Waals surface area contributed by atoms with Gasteiger partial charge in [-0.25, -0.2) is 0 Å². The van der Waals surface area contributed by atoms with Gasteiger partial charge in [0.05, 0.1) is 5.69 Å². The van der Waals surface area contributed by atoms with E-state index in [1.807, 2.05) is 7.05 Å². The highest BCUT2D eigenvalue weighted by atomic mass is 16.5. The van der Waals surface area contributed by atoms with Crippen molar-refractivity contribution in [3.8, 4) is 0 Å². The Balaban J connectivity index is 1.75. The Morgan fingerprint density at radius 3 is 2.26 bits per heavy atom. The highest BCUT2D eigenvalue weighted by Crippen LogP contribution is 2.61. The van der Waals surface area contributed by atoms with Gasteiger partial charge in [-0.1, -0.05) is 5.16 Å². The molecule has 4 fully saturated rings. The van der Waals surface area contributed by atoms with Crippen LogP contribution in [0.25, 0.3) is 0 Å². The Hall–Kier alpha value is -0.830. The Morgan fingerprint density at radius 2 is 1.74 bits per heavy atom. The molecule has 3 nitrogen and oxygen atoms in total. The van der Waals surface area contributed by atoms with Gasteiger partial charge in [-0.15, -0.1) is 0 Å². The number of nitrogens with zero attached hydrogens (tertiary/aromatic N) is 1. The SMILES string of the molecule is CNCc1c(C)noc1C12CC3CC(CC(C3)C1)C2. The van der Waals surface area contributed by atoms with Crippen molar-refractivity contribution in [2.45, 2.75) is 57.4 Å². The summed E-state index contributed by atoms with van der Waals surface area (Å²) in [6, 6.07) is 0. The van der Waals surface area contributed by atoms with Crippen molar-refractivity contribution in [1.82, 2.24) is 10.5 Å². The molecular formula is C16H24N2O. The number of hydrogen-bond acceptors (Lipinski definition) is 3. The molecule has 5 rings (SSSR count). The van der Waals surface area contributed by atoms with Gasteiger partial charge in [0.15, 0.2) is 0 Å². The van der Waals surface area contributed by atoms with Gasteiger partial charge in [-0.3, -0.25) is 0 Å². The second-order valence-corrected chi connectivity index (χ2v) is 7.30. The van der Waals surface area contributed by atoms with Crippen LogP contribution in [0.4, 0.5) is 0 Å². The van der Waals surface area contributed by atoms with Crippen LogP contribution in [-0.2, 0) is 12.0 Å². The largest absolute Gasteiger partial charge is 0.360 e. The van der Waals surface area contributed by atoms with Crippen molar-refractivity contribution in [3.63, 3.8) is 0 Å². The normalized spacial score (nSPS) is 40.0. The van der Waals surface area contributed by atoms with Gasteiger partial charge in [0.2, 0.25) is 0 Å². The van der Waals surface area contributed by atoms with Gasteiger partial charge in [0.25, 0.3) is 0 Å². The van der Waals surface area contributed by atoms with Crippen molar-refractivity contribution < 1.29 is 4.52 Å². The molecule has 0 unspecified atom stereocenters. The zero-order valence-electron chi connectivity index (χ0n) is 12.0. The summed E-state index contributed by atoms with van der Waals surface area (Å²) in [7, 11) is 2.01. The summed E-state index contributed by atoms with van der Waals surface area (Å²) >= 11 is 0. The van der Waals surface area contributed by atoms with Crippen LogP contribution >= 0.6 is 0 Å². The van der Waals surface area contributed by atoms with Crippen LogP contribution in [0, 0.1) is 24.7 Å². The van der Waals surface area contributed by atoms with Gasteiger partial charge in [-0.05, 0) is 70.3 Å². The third-order valence-electron chi connectivity index (χ3n) is 5.86. The topological polar surface area (TPSA) is 38.1 Å². The van der Waals surface area contributed by atoms with Crippen molar-refractivity contribution in [2.75, 3.05) is 7.05 Å². The monoisotopic (exact) mass is 260 g/mol. The summed E-state index contributed by atoms with van der Waals surface area (Å²) in [6.07, 6.45) is 8.49. The molecule has 4 bridgehead atoms. The maximum atomic E-state index is 5.84. The maximum absolute atomic E-state index is 5.84. The predicted molar refractivity (Wildman–Crippen MR) is 73.9 cm³/mol. The fraction of sp³-hybridized carbons (Fsp3) is 0.812. The Kier molecular flexibility index (Phi) is 2.57. The molecule has 1 aromatic rings. The number of aromatic nitrogens is 1. The van der Waals surface area contributed by atoms with Gasteiger partial charge in [-0.2, -0.15) is 0 Å². The maximum Gasteiger partial charge on any atom is 0.147 e. The van der Waals surface area contributed by atoms with E-state index in [0.29, 0.717) is 5.41 Å². The standard InChI is InChI=1S/C16H24N2O/c1-10-14(9-17-2)15(19-18-10)16-6-11-3-12(7-16)5-13(4-11)8-16/h11-13,17H,3-9H2,1-2H3. The average Bonchev–Trinajstić information content (AvgIpc) is 2.70. The molecule has 0 spiro atoms. The number of rotatable bonds is 3. The fourth-order valence-electron chi connectivity index (χ4n) is 5.58. The molecule has 1 heterocycles.